The standard InChI is InChI=1S/C19H16ClF3N2O.ClH/c20-17-5-4-13(11-16(17)19(21,22)23)10-15(26)9-12-2-1-3-14(8-12)18-24-6-7-25-18;/h1-5,8,11H,6-7,9-10H2,(H,24,25);1H. The van der Waals surface area contributed by atoms with Crippen molar-refractivity contribution in [2.45, 2.75) is 19.0 Å². The van der Waals surface area contributed by atoms with Crippen molar-refractivity contribution in [1.82, 2.24) is 5.32 Å². The molecule has 1 aliphatic rings. The lowest BCUT2D eigenvalue weighted by Gasteiger charge is -2.11. The SMILES string of the molecule is Cl.O=C(Cc1cccc(C2=NCCN2)c1)Cc1ccc(Cl)c(C(F)(F)F)c1. The van der Waals surface area contributed by atoms with Gasteiger partial charge in [0.1, 0.15) is 11.6 Å². The average molecular weight is 417 g/mol. The molecule has 0 aliphatic carbocycles. The minimum Gasteiger partial charge on any atom is -0.368 e. The maximum atomic E-state index is 12.9. The van der Waals surface area contributed by atoms with Crippen molar-refractivity contribution in [2.75, 3.05) is 13.1 Å². The van der Waals surface area contributed by atoms with Gasteiger partial charge in [-0.05, 0) is 29.3 Å². The second-order valence-electron chi connectivity index (χ2n) is 6.06. The molecule has 3 rings (SSSR count). The van der Waals surface area contributed by atoms with Crippen LogP contribution in [0.4, 0.5) is 13.2 Å². The molecule has 3 nitrogen and oxygen atoms in total. The van der Waals surface area contributed by atoms with Crippen LogP contribution in [0.15, 0.2) is 47.5 Å². The lowest BCUT2D eigenvalue weighted by molar-refractivity contribution is -0.137. The Bertz CT molecular complexity index is 866. The number of amidine groups is 1. The number of halogens is 5. The largest absolute Gasteiger partial charge is 0.417 e. The Labute approximate surface area is 166 Å². The van der Waals surface area contributed by atoms with Gasteiger partial charge in [-0.2, -0.15) is 13.2 Å². The van der Waals surface area contributed by atoms with Crippen LogP contribution in [0.5, 0.6) is 0 Å². The van der Waals surface area contributed by atoms with E-state index >= 15 is 0 Å². The van der Waals surface area contributed by atoms with Crippen molar-refractivity contribution >= 4 is 35.6 Å². The number of nitrogens with zero attached hydrogens (tertiary/aromatic N) is 1. The van der Waals surface area contributed by atoms with Gasteiger partial charge in [0.2, 0.25) is 0 Å². The summed E-state index contributed by atoms with van der Waals surface area (Å²) in [4.78, 5) is 16.6. The lowest BCUT2D eigenvalue weighted by Crippen LogP contribution is -2.19. The smallest absolute Gasteiger partial charge is 0.368 e. The van der Waals surface area contributed by atoms with Crippen LogP contribution in [0.2, 0.25) is 5.02 Å². The van der Waals surface area contributed by atoms with Crippen LogP contribution < -0.4 is 5.32 Å². The first-order chi connectivity index (χ1) is 12.3. The predicted molar refractivity (Wildman–Crippen MR) is 102 cm³/mol. The van der Waals surface area contributed by atoms with Crippen molar-refractivity contribution in [3.05, 3.63) is 69.7 Å². The lowest BCUT2D eigenvalue weighted by atomic mass is 10.00. The average Bonchev–Trinajstić information content (AvgIpc) is 3.10. The summed E-state index contributed by atoms with van der Waals surface area (Å²) in [5.74, 6) is 0.630. The van der Waals surface area contributed by atoms with E-state index in [2.05, 4.69) is 10.3 Å². The molecule has 0 saturated carbocycles. The number of alkyl halides is 3. The molecule has 0 fully saturated rings. The first-order valence-corrected chi connectivity index (χ1v) is 8.46. The molecule has 1 N–H and O–H groups in total. The van der Waals surface area contributed by atoms with Gasteiger partial charge in [0.15, 0.2) is 0 Å². The van der Waals surface area contributed by atoms with Gasteiger partial charge in [0.05, 0.1) is 17.1 Å². The van der Waals surface area contributed by atoms with Gasteiger partial charge in [-0.15, -0.1) is 12.4 Å². The number of nitrogens with one attached hydrogen (secondary N) is 1. The molecule has 0 saturated heterocycles. The Kier molecular flexibility index (Phi) is 6.89. The summed E-state index contributed by atoms with van der Waals surface area (Å²) in [5, 5.41) is 2.80. The molecule has 144 valence electrons. The number of hydrogen-bond donors (Lipinski definition) is 1. The number of carbonyl (C=O) groups is 1. The molecule has 0 bridgehead atoms. The van der Waals surface area contributed by atoms with Gasteiger partial charge >= 0.3 is 6.18 Å². The van der Waals surface area contributed by atoms with Crippen LogP contribution in [0.25, 0.3) is 0 Å². The number of rotatable bonds is 5. The highest BCUT2D eigenvalue weighted by Crippen LogP contribution is 2.35. The Hall–Kier alpha value is -2.05. The second kappa shape index (κ2) is 8.76. The number of Topliss-reactive ketones (excluding diaryl/α,β-unsaturated/α-hetero) is 1. The second-order valence-corrected chi connectivity index (χ2v) is 6.47. The highest BCUT2D eigenvalue weighted by Gasteiger charge is 2.33. The molecule has 2 aromatic rings. The number of hydrogen-bond acceptors (Lipinski definition) is 3. The van der Waals surface area contributed by atoms with Crippen LogP contribution in [0, 0.1) is 0 Å². The van der Waals surface area contributed by atoms with Crippen molar-refractivity contribution < 1.29 is 18.0 Å². The highest BCUT2D eigenvalue weighted by atomic mass is 35.5. The zero-order chi connectivity index (χ0) is 18.7. The summed E-state index contributed by atoms with van der Waals surface area (Å²) in [6, 6.07) is 11.0. The summed E-state index contributed by atoms with van der Waals surface area (Å²) in [6.07, 6.45) is -4.48. The van der Waals surface area contributed by atoms with E-state index in [4.69, 9.17) is 11.6 Å². The predicted octanol–water partition coefficient (Wildman–Crippen LogP) is 4.48. The molecule has 8 heteroatoms. The summed E-state index contributed by atoms with van der Waals surface area (Å²) >= 11 is 5.60. The first kappa shape index (κ1) is 21.3. The van der Waals surface area contributed by atoms with Gasteiger partial charge in [0.25, 0.3) is 0 Å². The van der Waals surface area contributed by atoms with E-state index in [9.17, 15) is 18.0 Å². The Morgan fingerprint density at radius 1 is 1.11 bits per heavy atom. The Morgan fingerprint density at radius 2 is 1.81 bits per heavy atom. The van der Waals surface area contributed by atoms with Gasteiger partial charge in [0, 0.05) is 24.9 Å². The molecule has 2 aromatic carbocycles. The minimum atomic E-state index is -4.54. The van der Waals surface area contributed by atoms with Crippen molar-refractivity contribution in [1.29, 1.82) is 0 Å². The zero-order valence-corrected chi connectivity index (χ0v) is 15.7. The van der Waals surface area contributed by atoms with Crippen LogP contribution in [-0.2, 0) is 23.8 Å². The fraction of sp³-hybridized carbons (Fsp3) is 0.263. The first-order valence-electron chi connectivity index (χ1n) is 8.08. The van der Waals surface area contributed by atoms with Crippen molar-refractivity contribution in [3.63, 3.8) is 0 Å². The van der Waals surface area contributed by atoms with Crippen LogP contribution >= 0.6 is 24.0 Å². The van der Waals surface area contributed by atoms with Crippen LogP contribution in [-0.4, -0.2) is 24.7 Å². The molecular weight excluding hydrogens is 400 g/mol. The van der Waals surface area contributed by atoms with Gasteiger partial charge in [-0.25, -0.2) is 0 Å². The molecule has 0 radical (unpaired) electrons. The van der Waals surface area contributed by atoms with Gasteiger partial charge in [-0.1, -0.05) is 35.9 Å². The third kappa shape index (κ3) is 5.47. The van der Waals surface area contributed by atoms with E-state index in [1.807, 2.05) is 24.3 Å². The number of benzene rings is 2. The van der Waals surface area contributed by atoms with Crippen LogP contribution in [0.1, 0.15) is 22.3 Å². The minimum absolute atomic E-state index is 0. The fourth-order valence-corrected chi connectivity index (χ4v) is 3.06. The molecule has 0 unspecified atom stereocenters. The van der Waals surface area contributed by atoms with E-state index in [1.165, 1.54) is 12.1 Å². The third-order valence-corrected chi connectivity index (χ3v) is 4.34. The molecular formula is C19H17Cl2F3N2O. The van der Waals surface area contributed by atoms with E-state index in [-0.39, 0.29) is 36.1 Å². The molecule has 1 aliphatic heterocycles. The molecule has 0 spiro atoms. The third-order valence-electron chi connectivity index (χ3n) is 4.01. The maximum absolute atomic E-state index is 12.9. The molecule has 0 atom stereocenters. The van der Waals surface area contributed by atoms with E-state index in [1.54, 1.807) is 0 Å². The van der Waals surface area contributed by atoms with E-state index in [0.29, 0.717) is 5.56 Å². The van der Waals surface area contributed by atoms with Gasteiger partial charge < -0.3 is 5.32 Å². The van der Waals surface area contributed by atoms with E-state index < -0.39 is 11.7 Å². The monoisotopic (exact) mass is 416 g/mol. The maximum Gasteiger partial charge on any atom is 0.417 e. The fourth-order valence-electron chi connectivity index (χ4n) is 2.84. The highest BCUT2D eigenvalue weighted by molar-refractivity contribution is 6.31. The summed E-state index contributed by atoms with van der Waals surface area (Å²) in [6.45, 7) is 1.51. The number of carbonyl (C=O) groups excluding carboxylic acids is 1. The van der Waals surface area contributed by atoms with Crippen molar-refractivity contribution in [3.8, 4) is 0 Å². The van der Waals surface area contributed by atoms with Crippen LogP contribution in [0.3, 0.4) is 0 Å². The summed E-state index contributed by atoms with van der Waals surface area (Å²) in [7, 11) is 0. The Morgan fingerprint density at radius 3 is 2.44 bits per heavy atom. The molecule has 0 amide bonds. The molecule has 1 heterocycles. The quantitative estimate of drug-likeness (QED) is 0.780. The number of aliphatic imine (C=N–C) groups is 1. The molecule has 27 heavy (non-hydrogen) atoms. The summed E-state index contributed by atoms with van der Waals surface area (Å²) in [5.41, 5.74) is 1.08. The summed E-state index contributed by atoms with van der Waals surface area (Å²) < 4.78 is 38.8. The van der Waals surface area contributed by atoms with E-state index in [0.717, 1.165) is 36.1 Å². The van der Waals surface area contributed by atoms with Crippen molar-refractivity contribution in [2.24, 2.45) is 4.99 Å². The Balaban J connectivity index is 0.00000261. The topological polar surface area (TPSA) is 41.5 Å². The molecule has 0 aromatic heterocycles. The zero-order valence-electron chi connectivity index (χ0n) is 14.1. The number of ketones is 1. The van der Waals surface area contributed by atoms with Gasteiger partial charge in [-0.3, -0.25) is 9.79 Å². The normalized spacial score (nSPS) is 13.6.